The van der Waals surface area contributed by atoms with Crippen molar-refractivity contribution in [3.05, 3.63) is 58.1 Å². The molecule has 1 amide bonds. The van der Waals surface area contributed by atoms with Gasteiger partial charge in [-0.15, -0.1) is 10.2 Å². The lowest BCUT2D eigenvalue weighted by Crippen LogP contribution is -2.15. The predicted octanol–water partition coefficient (Wildman–Crippen LogP) is 5.31. The molecule has 0 saturated heterocycles. The molecule has 5 nitrogen and oxygen atoms in total. The Hall–Kier alpha value is -2.02. The predicted molar refractivity (Wildman–Crippen MR) is 112 cm³/mol. The number of carbonyl (C=O) groups is 1. The summed E-state index contributed by atoms with van der Waals surface area (Å²) in [7, 11) is 0. The molecule has 0 saturated carbocycles. The van der Waals surface area contributed by atoms with Crippen LogP contribution in [0, 0.1) is 6.92 Å². The van der Waals surface area contributed by atoms with Crippen molar-refractivity contribution in [3.63, 3.8) is 0 Å². The van der Waals surface area contributed by atoms with Gasteiger partial charge in [0.1, 0.15) is 0 Å². The van der Waals surface area contributed by atoms with E-state index in [1.807, 2.05) is 48.7 Å². The monoisotopic (exact) mass is 420 g/mol. The largest absolute Gasteiger partial charge is 0.325 e. The highest BCUT2D eigenvalue weighted by Gasteiger charge is 2.16. The Morgan fingerprint density at radius 1 is 1.19 bits per heavy atom. The Kier molecular flexibility index (Phi) is 6.42. The number of benzene rings is 2. The van der Waals surface area contributed by atoms with Crippen LogP contribution in [0.4, 0.5) is 5.69 Å². The number of amides is 1. The lowest BCUT2D eigenvalue weighted by atomic mass is 10.2. The van der Waals surface area contributed by atoms with Crippen molar-refractivity contribution in [2.45, 2.75) is 25.5 Å². The summed E-state index contributed by atoms with van der Waals surface area (Å²) < 4.78 is 1.95. The van der Waals surface area contributed by atoms with E-state index in [1.54, 1.807) is 12.1 Å². The van der Waals surface area contributed by atoms with E-state index in [-0.39, 0.29) is 11.7 Å². The second-order valence-corrected chi connectivity index (χ2v) is 7.61. The Balaban J connectivity index is 1.71. The number of nitrogens with one attached hydrogen (secondary N) is 1. The Bertz CT molecular complexity index is 974. The number of halogens is 2. The molecule has 140 valence electrons. The minimum atomic E-state index is -0.115. The van der Waals surface area contributed by atoms with Crippen LogP contribution in [-0.4, -0.2) is 26.4 Å². The van der Waals surface area contributed by atoms with Gasteiger partial charge in [-0.1, -0.05) is 47.1 Å². The van der Waals surface area contributed by atoms with E-state index >= 15 is 0 Å². The van der Waals surface area contributed by atoms with E-state index in [2.05, 4.69) is 15.5 Å². The number of hydrogen-bond donors (Lipinski definition) is 1. The molecule has 1 aromatic heterocycles. The first-order chi connectivity index (χ1) is 13.0. The lowest BCUT2D eigenvalue weighted by Gasteiger charge is -2.10. The maximum absolute atomic E-state index is 12.3. The molecule has 0 atom stereocenters. The standard InChI is InChI=1S/C19H18Cl2N4OS/c1-3-25-18(14-6-4-5-7-15(14)21)23-24-19(25)27-11-17(26)22-16-9-8-13(20)10-12(16)2/h4-10H,3,11H2,1-2H3,(H,22,26). The normalized spacial score (nSPS) is 10.8. The first-order valence-corrected chi connectivity index (χ1v) is 10.1. The molecule has 27 heavy (non-hydrogen) atoms. The van der Waals surface area contributed by atoms with Gasteiger partial charge in [0.2, 0.25) is 5.91 Å². The molecule has 0 spiro atoms. The van der Waals surface area contributed by atoms with Crippen molar-refractivity contribution in [1.29, 1.82) is 0 Å². The van der Waals surface area contributed by atoms with Crippen LogP contribution in [0.3, 0.4) is 0 Å². The number of carbonyl (C=O) groups excluding carboxylic acids is 1. The van der Waals surface area contributed by atoms with Gasteiger partial charge >= 0.3 is 0 Å². The topological polar surface area (TPSA) is 59.8 Å². The third-order valence-electron chi connectivity index (χ3n) is 3.94. The zero-order valence-corrected chi connectivity index (χ0v) is 17.2. The van der Waals surface area contributed by atoms with E-state index in [9.17, 15) is 4.79 Å². The molecular formula is C19H18Cl2N4OS. The minimum absolute atomic E-state index is 0.115. The first kappa shape index (κ1) is 19.7. The number of rotatable bonds is 6. The molecule has 3 rings (SSSR count). The average molecular weight is 421 g/mol. The van der Waals surface area contributed by atoms with Crippen molar-refractivity contribution >= 4 is 46.6 Å². The van der Waals surface area contributed by atoms with Gasteiger partial charge in [-0.3, -0.25) is 4.79 Å². The first-order valence-electron chi connectivity index (χ1n) is 8.36. The minimum Gasteiger partial charge on any atom is -0.325 e. The van der Waals surface area contributed by atoms with Gasteiger partial charge in [0.05, 0.1) is 10.8 Å². The average Bonchev–Trinajstić information content (AvgIpc) is 3.05. The Morgan fingerprint density at radius 3 is 2.67 bits per heavy atom. The summed E-state index contributed by atoms with van der Waals surface area (Å²) in [6, 6.07) is 12.9. The summed E-state index contributed by atoms with van der Waals surface area (Å²) >= 11 is 13.6. The van der Waals surface area contributed by atoms with Gasteiger partial charge in [0.25, 0.3) is 0 Å². The number of thioether (sulfide) groups is 1. The second kappa shape index (κ2) is 8.78. The summed E-state index contributed by atoms with van der Waals surface area (Å²) in [5.74, 6) is 0.804. The molecule has 8 heteroatoms. The summed E-state index contributed by atoms with van der Waals surface area (Å²) in [4.78, 5) is 12.3. The summed E-state index contributed by atoms with van der Waals surface area (Å²) in [5.41, 5.74) is 2.49. The SMILES string of the molecule is CCn1c(SCC(=O)Nc2ccc(Cl)cc2C)nnc1-c1ccccc1Cl. The Morgan fingerprint density at radius 2 is 1.96 bits per heavy atom. The van der Waals surface area contributed by atoms with Gasteiger partial charge in [-0.2, -0.15) is 0 Å². The van der Waals surface area contributed by atoms with Crippen molar-refractivity contribution in [2.75, 3.05) is 11.1 Å². The molecule has 1 heterocycles. The maximum atomic E-state index is 12.3. The van der Waals surface area contributed by atoms with Gasteiger partial charge in [-0.25, -0.2) is 0 Å². The second-order valence-electron chi connectivity index (χ2n) is 5.83. The molecule has 0 fully saturated rings. The lowest BCUT2D eigenvalue weighted by molar-refractivity contribution is -0.113. The fourth-order valence-corrected chi connectivity index (χ4v) is 3.86. The highest BCUT2D eigenvalue weighted by molar-refractivity contribution is 7.99. The van der Waals surface area contributed by atoms with Gasteiger partial charge in [0, 0.05) is 22.8 Å². The molecule has 0 radical (unpaired) electrons. The number of nitrogens with zero attached hydrogens (tertiary/aromatic N) is 3. The summed E-state index contributed by atoms with van der Waals surface area (Å²) in [6.45, 7) is 4.58. The summed E-state index contributed by atoms with van der Waals surface area (Å²) in [5, 5.41) is 13.3. The molecule has 1 N–H and O–H groups in total. The Labute approximate surface area is 172 Å². The molecular weight excluding hydrogens is 403 g/mol. The number of aryl methyl sites for hydroxylation is 1. The van der Waals surface area contributed by atoms with Crippen LogP contribution in [0.2, 0.25) is 10.0 Å². The van der Waals surface area contributed by atoms with Crippen molar-refractivity contribution < 1.29 is 4.79 Å². The molecule has 2 aromatic carbocycles. The number of anilines is 1. The van der Waals surface area contributed by atoms with Crippen LogP contribution in [0.15, 0.2) is 47.6 Å². The molecule has 0 aliphatic carbocycles. The van der Waals surface area contributed by atoms with Gasteiger partial charge in [-0.05, 0) is 49.7 Å². The van der Waals surface area contributed by atoms with Crippen LogP contribution in [-0.2, 0) is 11.3 Å². The number of hydrogen-bond acceptors (Lipinski definition) is 4. The van der Waals surface area contributed by atoms with Crippen LogP contribution >= 0.6 is 35.0 Å². The van der Waals surface area contributed by atoms with Crippen LogP contribution in [0.1, 0.15) is 12.5 Å². The van der Waals surface area contributed by atoms with E-state index in [1.165, 1.54) is 11.8 Å². The molecule has 0 bridgehead atoms. The third kappa shape index (κ3) is 4.64. The van der Waals surface area contributed by atoms with Crippen molar-refractivity contribution in [3.8, 4) is 11.4 Å². The van der Waals surface area contributed by atoms with Crippen LogP contribution in [0.25, 0.3) is 11.4 Å². The van der Waals surface area contributed by atoms with Crippen molar-refractivity contribution in [2.24, 2.45) is 0 Å². The molecule has 0 aliphatic heterocycles. The van der Waals surface area contributed by atoms with Gasteiger partial charge in [0.15, 0.2) is 11.0 Å². The van der Waals surface area contributed by atoms with Gasteiger partial charge < -0.3 is 9.88 Å². The highest BCUT2D eigenvalue weighted by atomic mass is 35.5. The van der Waals surface area contributed by atoms with E-state index < -0.39 is 0 Å². The highest BCUT2D eigenvalue weighted by Crippen LogP contribution is 2.29. The van der Waals surface area contributed by atoms with E-state index in [4.69, 9.17) is 23.2 Å². The quantitative estimate of drug-likeness (QED) is 0.548. The van der Waals surface area contributed by atoms with Crippen LogP contribution in [0.5, 0.6) is 0 Å². The summed E-state index contributed by atoms with van der Waals surface area (Å²) in [6.07, 6.45) is 0. The zero-order valence-electron chi connectivity index (χ0n) is 14.9. The maximum Gasteiger partial charge on any atom is 0.234 e. The fourth-order valence-electron chi connectivity index (χ4n) is 2.61. The zero-order chi connectivity index (χ0) is 19.4. The molecule has 3 aromatic rings. The van der Waals surface area contributed by atoms with E-state index in [0.717, 1.165) is 16.8 Å². The number of aromatic nitrogens is 3. The molecule has 0 aliphatic rings. The van der Waals surface area contributed by atoms with Crippen molar-refractivity contribution in [1.82, 2.24) is 14.8 Å². The fraction of sp³-hybridized carbons (Fsp3) is 0.211. The smallest absolute Gasteiger partial charge is 0.234 e. The third-order valence-corrected chi connectivity index (χ3v) is 5.47. The molecule has 0 unspecified atom stereocenters. The van der Waals surface area contributed by atoms with E-state index in [0.29, 0.717) is 27.6 Å². The van der Waals surface area contributed by atoms with Crippen LogP contribution < -0.4 is 5.32 Å².